The molecule has 0 amide bonds. The zero-order valence-corrected chi connectivity index (χ0v) is 12.1. The monoisotopic (exact) mass is 296 g/mol. The molecule has 0 unspecified atom stereocenters. The van der Waals surface area contributed by atoms with Crippen LogP contribution < -0.4 is 0 Å². The lowest BCUT2D eigenvalue weighted by Gasteiger charge is -2.21. The first-order valence-electron chi connectivity index (χ1n) is 6.00. The first-order chi connectivity index (χ1) is 9.21. The Labute approximate surface area is 120 Å². The van der Waals surface area contributed by atoms with Crippen molar-refractivity contribution in [3.8, 4) is 5.69 Å². The van der Waals surface area contributed by atoms with Crippen LogP contribution in [0.1, 0.15) is 37.0 Å². The van der Waals surface area contributed by atoms with Gasteiger partial charge in [-0.1, -0.05) is 32.4 Å². The third-order valence-corrected chi connectivity index (χ3v) is 3.17. The second kappa shape index (κ2) is 4.90. The van der Waals surface area contributed by atoms with E-state index in [4.69, 9.17) is 16.7 Å². The average Bonchev–Trinajstić information content (AvgIpc) is 2.67. The van der Waals surface area contributed by atoms with E-state index in [1.807, 2.05) is 20.8 Å². The van der Waals surface area contributed by atoms with Crippen molar-refractivity contribution in [2.24, 2.45) is 0 Å². The molecule has 0 saturated heterocycles. The molecule has 106 valence electrons. The second-order valence-electron chi connectivity index (χ2n) is 5.45. The van der Waals surface area contributed by atoms with E-state index in [0.717, 1.165) is 0 Å². The van der Waals surface area contributed by atoms with Crippen molar-refractivity contribution in [1.82, 2.24) is 9.78 Å². The number of hydrogen-bond donors (Lipinski definition) is 1. The highest BCUT2D eigenvalue weighted by atomic mass is 35.5. The van der Waals surface area contributed by atoms with Crippen LogP contribution in [-0.4, -0.2) is 20.9 Å². The number of hydrogen-bond acceptors (Lipinski definition) is 2. The predicted molar refractivity (Wildman–Crippen MR) is 74.2 cm³/mol. The summed E-state index contributed by atoms with van der Waals surface area (Å²) in [5, 5.41) is 13.3. The lowest BCUT2D eigenvalue weighted by Crippen LogP contribution is -2.18. The molecule has 4 nitrogen and oxygen atoms in total. The van der Waals surface area contributed by atoms with Crippen LogP contribution in [0, 0.1) is 5.82 Å². The molecule has 2 rings (SSSR count). The Bertz CT molecular complexity index is 657. The van der Waals surface area contributed by atoms with Gasteiger partial charge in [0, 0.05) is 5.41 Å². The number of rotatable bonds is 2. The van der Waals surface area contributed by atoms with E-state index in [9.17, 15) is 9.18 Å². The van der Waals surface area contributed by atoms with Crippen LogP contribution in [0.2, 0.25) is 5.02 Å². The van der Waals surface area contributed by atoms with Crippen molar-refractivity contribution in [1.29, 1.82) is 0 Å². The molecular formula is C14H14ClFN2O2. The number of nitrogens with zero attached hydrogens (tertiary/aromatic N) is 2. The van der Waals surface area contributed by atoms with Gasteiger partial charge in [0.05, 0.1) is 16.4 Å². The number of carboxylic acids is 1. The maximum absolute atomic E-state index is 13.0. The van der Waals surface area contributed by atoms with Crippen LogP contribution in [-0.2, 0) is 5.41 Å². The lowest BCUT2D eigenvalue weighted by molar-refractivity contribution is 0.0690. The molecule has 1 heterocycles. The van der Waals surface area contributed by atoms with Gasteiger partial charge in [-0.15, -0.1) is 0 Å². The summed E-state index contributed by atoms with van der Waals surface area (Å²) in [5.41, 5.74) is 0.515. The second-order valence-corrected chi connectivity index (χ2v) is 5.83. The number of aromatic nitrogens is 2. The first-order valence-corrected chi connectivity index (χ1v) is 6.38. The molecule has 0 fully saturated rings. The smallest absolute Gasteiger partial charge is 0.358 e. The third-order valence-electron chi connectivity index (χ3n) is 2.81. The molecule has 0 aliphatic heterocycles. The standard InChI is InChI=1S/C14H14ClFN2O2/c1-14(2,3)12-10(15)11(13(19)20)17-18(12)9-6-4-8(16)5-7-9/h4-7H,1-3H3,(H,19,20). The van der Waals surface area contributed by atoms with Gasteiger partial charge in [0.1, 0.15) is 5.82 Å². The zero-order chi connectivity index (χ0) is 15.1. The molecule has 6 heteroatoms. The SMILES string of the molecule is CC(C)(C)c1c(Cl)c(C(=O)O)nn1-c1ccc(F)cc1. The number of halogens is 2. The molecule has 0 aliphatic carbocycles. The molecule has 0 spiro atoms. The minimum atomic E-state index is -1.19. The van der Waals surface area contributed by atoms with Crippen LogP contribution in [0.4, 0.5) is 4.39 Å². The van der Waals surface area contributed by atoms with E-state index in [-0.39, 0.29) is 16.5 Å². The van der Waals surface area contributed by atoms with Gasteiger partial charge in [-0.25, -0.2) is 13.9 Å². The summed E-state index contributed by atoms with van der Waals surface area (Å²) >= 11 is 6.15. The minimum absolute atomic E-state index is 0.106. The fourth-order valence-electron chi connectivity index (χ4n) is 1.95. The number of carboxylic acid groups (broad SMARTS) is 1. The Morgan fingerprint density at radius 2 is 1.85 bits per heavy atom. The minimum Gasteiger partial charge on any atom is -0.476 e. The van der Waals surface area contributed by atoms with E-state index in [1.54, 1.807) is 0 Å². The van der Waals surface area contributed by atoms with E-state index in [1.165, 1.54) is 28.9 Å². The van der Waals surface area contributed by atoms with Crippen molar-refractivity contribution in [2.45, 2.75) is 26.2 Å². The molecule has 1 aromatic carbocycles. The van der Waals surface area contributed by atoms with Gasteiger partial charge in [0.2, 0.25) is 0 Å². The summed E-state index contributed by atoms with van der Waals surface area (Å²) in [5.74, 6) is -1.57. The van der Waals surface area contributed by atoms with Crippen LogP contribution in [0.5, 0.6) is 0 Å². The zero-order valence-electron chi connectivity index (χ0n) is 11.3. The highest BCUT2D eigenvalue weighted by Gasteiger charge is 2.29. The van der Waals surface area contributed by atoms with Crippen molar-refractivity contribution in [3.05, 3.63) is 46.5 Å². The van der Waals surface area contributed by atoms with Gasteiger partial charge >= 0.3 is 5.97 Å². The van der Waals surface area contributed by atoms with E-state index < -0.39 is 11.4 Å². The largest absolute Gasteiger partial charge is 0.476 e. The topological polar surface area (TPSA) is 55.1 Å². The maximum atomic E-state index is 13.0. The van der Waals surface area contributed by atoms with Crippen molar-refractivity contribution >= 4 is 17.6 Å². The normalized spacial score (nSPS) is 11.7. The lowest BCUT2D eigenvalue weighted by atomic mass is 9.91. The Morgan fingerprint density at radius 3 is 2.30 bits per heavy atom. The summed E-state index contributed by atoms with van der Waals surface area (Å²) in [6, 6.07) is 5.63. The molecular weight excluding hydrogens is 283 g/mol. The van der Waals surface area contributed by atoms with E-state index in [2.05, 4.69) is 5.10 Å². The van der Waals surface area contributed by atoms with Crippen molar-refractivity contribution in [2.75, 3.05) is 0 Å². The fourth-order valence-corrected chi connectivity index (χ4v) is 2.43. The highest BCUT2D eigenvalue weighted by Crippen LogP contribution is 2.33. The average molecular weight is 297 g/mol. The Kier molecular flexibility index (Phi) is 3.56. The molecule has 20 heavy (non-hydrogen) atoms. The molecule has 0 saturated carbocycles. The van der Waals surface area contributed by atoms with Gasteiger partial charge in [-0.05, 0) is 24.3 Å². The molecule has 0 radical (unpaired) electrons. The maximum Gasteiger partial charge on any atom is 0.358 e. The molecule has 2 aromatic rings. The van der Waals surface area contributed by atoms with Crippen LogP contribution >= 0.6 is 11.6 Å². The third kappa shape index (κ3) is 2.54. The number of aromatic carboxylic acids is 1. The summed E-state index contributed by atoms with van der Waals surface area (Å²) < 4.78 is 14.4. The van der Waals surface area contributed by atoms with Gasteiger partial charge in [0.25, 0.3) is 0 Å². The van der Waals surface area contributed by atoms with E-state index in [0.29, 0.717) is 11.4 Å². The molecule has 1 aromatic heterocycles. The van der Waals surface area contributed by atoms with Gasteiger partial charge in [-0.3, -0.25) is 0 Å². The van der Waals surface area contributed by atoms with E-state index >= 15 is 0 Å². The van der Waals surface area contributed by atoms with Crippen LogP contribution in [0.25, 0.3) is 5.69 Å². The van der Waals surface area contributed by atoms with Gasteiger partial charge in [0.15, 0.2) is 5.69 Å². The predicted octanol–water partition coefficient (Wildman–Crippen LogP) is 3.66. The summed E-state index contributed by atoms with van der Waals surface area (Å²) in [7, 11) is 0. The Hall–Kier alpha value is -1.88. The highest BCUT2D eigenvalue weighted by molar-refractivity contribution is 6.34. The molecule has 0 aliphatic rings. The number of carbonyl (C=O) groups is 1. The fraction of sp³-hybridized carbons (Fsp3) is 0.286. The first kappa shape index (κ1) is 14.5. The van der Waals surface area contributed by atoms with Crippen LogP contribution in [0.15, 0.2) is 24.3 Å². The quantitative estimate of drug-likeness (QED) is 0.920. The Morgan fingerprint density at radius 1 is 1.30 bits per heavy atom. The summed E-state index contributed by atoms with van der Waals surface area (Å²) in [4.78, 5) is 11.2. The molecule has 0 bridgehead atoms. The number of benzene rings is 1. The van der Waals surface area contributed by atoms with Gasteiger partial charge in [-0.2, -0.15) is 5.10 Å². The van der Waals surface area contributed by atoms with Crippen LogP contribution in [0.3, 0.4) is 0 Å². The molecule has 0 atom stereocenters. The van der Waals surface area contributed by atoms with Crippen molar-refractivity contribution in [3.63, 3.8) is 0 Å². The Balaban J connectivity index is 2.72. The van der Waals surface area contributed by atoms with Gasteiger partial charge < -0.3 is 5.11 Å². The van der Waals surface area contributed by atoms with Crippen molar-refractivity contribution < 1.29 is 14.3 Å². The summed E-state index contributed by atoms with van der Waals surface area (Å²) in [6.45, 7) is 5.71. The summed E-state index contributed by atoms with van der Waals surface area (Å²) in [6.07, 6.45) is 0. The molecule has 1 N–H and O–H groups in total.